The molecular formula is C12H10N2O3S. The minimum Gasteiger partial charge on any atom is -0.248 e. The van der Waals surface area contributed by atoms with Crippen molar-refractivity contribution in [1.29, 1.82) is 5.26 Å². The number of benzene rings is 2. The first kappa shape index (κ1) is 12.4. The summed E-state index contributed by atoms with van der Waals surface area (Å²) in [4.78, 5) is 0. The molecule has 92 valence electrons. The molecule has 0 aromatic heterocycles. The van der Waals surface area contributed by atoms with Gasteiger partial charge in [0.2, 0.25) is 0 Å². The van der Waals surface area contributed by atoms with Gasteiger partial charge in [-0.2, -0.15) is 18.0 Å². The summed E-state index contributed by atoms with van der Waals surface area (Å²) in [7, 11) is -3.62. The van der Waals surface area contributed by atoms with Crippen LogP contribution in [0.4, 0.5) is 5.69 Å². The second-order valence-corrected chi connectivity index (χ2v) is 5.29. The van der Waals surface area contributed by atoms with Crippen LogP contribution in [0.2, 0.25) is 0 Å². The van der Waals surface area contributed by atoms with E-state index in [1.54, 1.807) is 18.2 Å². The van der Waals surface area contributed by atoms with Gasteiger partial charge in [0.15, 0.2) is 0 Å². The van der Waals surface area contributed by atoms with Crippen LogP contribution in [0.25, 0.3) is 10.8 Å². The maximum absolute atomic E-state index is 10.9. The third-order valence-electron chi connectivity index (χ3n) is 2.34. The average molecular weight is 262 g/mol. The van der Waals surface area contributed by atoms with E-state index in [0.717, 1.165) is 17.0 Å². The fourth-order valence-electron chi connectivity index (χ4n) is 1.60. The van der Waals surface area contributed by atoms with E-state index in [9.17, 15) is 8.42 Å². The Morgan fingerprint density at radius 1 is 1.22 bits per heavy atom. The van der Waals surface area contributed by atoms with Crippen LogP contribution in [0.1, 0.15) is 5.56 Å². The van der Waals surface area contributed by atoms with Crippen molar-refractivity contribution in [2.75, 3.05) is 11.7 Å². The number of nitrogens with zero attached hydrogens (tertiary/aromatic N) is 1. The highest BCUT2D eigenvalue weighted by atomic mass is 32.2. The highest BCUT2D eigenvalue weighted by Crippen LogP contribution is 2.25. The van der Waals surface area contributed by atoms with E-state index in [1.807, 2.05) is 24.3 Å². The molecule has 0 bridgehead atoms. The van der Waals surface area contributed by atoms with Crippen molar-refractivity contribution in [3.8, 4) is 6.07 Å². The van der Waals surface area contributed by atoms with E-state index < -0.39 is 10.1 Å². The van der Waals surface area contributed by atoms with Crippen molar-refractivity contribution in [3.63, 3.8) is 0 Å². The minimum absolute atomic E-state index is 0.321. The summed E-state index contributed by atoms with van der Waals surface area (Å²) in [6, 6.07) is 12.8. The molecule has 0 saturated heterocycles. The molecule has 0 amide bonds. The Kier molecular flexibility index (Phi) is 3.19. The van der Waals surface area contributed by atoms with Gasteiger partial charge in [-0.1, -0.05) is 30.3 Å². The maximum atomic E-state index is 10.9. The summed E-state index contributed by atoms with van der Waals surface area (Å²) in [5, 5.41) is 10.8. The number of anilines is 1. The van der Waals surface area contributed by atoms with Gasteiger partial charge in [-0.25, -0.2) is 5.48 Å². The number of nitrogens with one attached hydrogen (secondary N) is 1. The third kappa shape index (κ3) is 2.59. The Morgan fingerprint density at radius 2 is 1.94 bits per heavy atom. The molecule has 0 aliphatic heterocycles. The summed E-state index contributed by atoms with van der Waals surface area (Å²) in [5.74, 6) is 0. The molecule has 0 unspecified atom stereocenters. The van der Waals surface area contributed by atoms with Gasteiger partial charge in [-0.3, -0.25) is 0 Å². The lowest BCUT2D eigenvalue weighted by Gasteiger charge is -2.08. The van der Waals surface area contributed by atoms with Gasteiger partial charge < -0.3 is 0 Å². The predicted octanol–water partition coefficient (Wildman–Crippen LogP) is 2.01. The monoisotopic (exact) mass is 262 g/mol. The second-order valence-electron chi connectivity index (χ2n) is 3.71. The molecule has 6 heteroatoms. The lowest BCUT2D eigenvalue weighted by molar-refractivity contribution is 0.396. The average Bonchev–Trinajstić information content (AvgIpc) is 2.34. The van der Waals surface area contributed by atoms with Crippen LogP contribution < -0.4 is 5.48 Å². The lowest BCUT2D eigenvalue weighted by atomic mass is 10.0. The SMILES string of the molecule is CS(=O)(=O)ONc1ccc2ccccc2c1C#N. The Morgan fingerprint density at radius 3 is 2.61 bits per heavy atom. The van der Waals surface area contributed by atoms with Gasteiger partial charge in [0.1, 0.15) is 6.07 Å². The van der Waals surface area contributed by atoms with E-state index >= 15 is 0 Å². The largest absolute Gasteiger partial charge is 0.284 e. The van der Waals surface area contributed by atoms with Crippen molar-refractivity contribution >= 4 is 26.6 Å². The molecule has 0 spiro atoms. The van der Waals surface area contributed by atoms with Crippen molar-refractivity contribution in [2.45, 2.75) is 0 Å². The fourth-order valence-corrected chi connectivity index (χ4v) is 1.84. The number of hydrogen-bond donors (Lipinski definition) is 1. The summed E-state index contributed by atoms with van der Waals surface area (Å²) in [5.41, 5.74) is 2.95. The summed E-state index contributed by atoms with van der Waals surface area (Å²) in [6.07, 6.45) is 0.924. The predicted molar refractivity (Wildman–Crippen MR) is 68.2 cm³/mol. The Balaban J connectivity index is 2.49. The molecule has 2 aromatic rings. The molecule has 18 heavy (non-hydrogen) atoms. The molecule has 0 heterocycles. The molecule has 2 rings (SSSR count). The molecule has 0 atom stereocenters. The fraction of sp³-hybridized carbons (Fsp3) is 0.0833. The normalized spacial score (nSPS) is 11.1. The summed E-state index contributed by atoms with van der Waals surface area (Å²) >= 11 is 0. The number of nitriles is 1. The topological polar surface area (TPSA) is 79.2 Å². The van der Waals surface area contributed by atoms with Crippen molar-refractivity contribution in [1.82, 2.24) is 0 Å². The number of rotatable bonds is 3. The van der Waals surface area contributed by atoms with E-state index in [-0.39, 0.29) is 0 Å². The first-order valence-corrected chi connectivity index (χ1v) is 6.89. The summed E-state index contributed by atoms with van der Waals surface area (Å²) in [6.45, 7) is 0. The van der Waals surface area contributed by atoms with E-state index in [2.05, 4.69) is 9.76 Å². The van der Waals surface area contributed by atoms with Crippen LogP contribution in [-0.2, 0) is 14.4 Å². The van der Waals surface area contributed by atoms with Gasteiger partial charge in [0.25, 0.3) is 10.1 Å². The van der Waals surface area contributed by atoms with Gasteiger partial charge >= 0.3 is 0 Å². The minimum atomic E-state index is -3.62. The standard InChI is InChI=1S/C12H10N2O3S/c1-18(15,16)17-14-12-7-6-9-4-2-3-5-10(9)11(12)8-13/h2-7,14H,1H3. The van der Waals surface area contributed by atoms with Gasteiger partial charge in [-0.05, 0) is 11.5 Å². The first-order chi connectivity index (χ1) is 8.51. The Labute approximate surface area is 105 Å². The van der Waals surface area contributed by atoms with Crippen LogP contribution in [0.3, 0.4) is 0 Å². The molecule has 2 aromatic carbocycles. The first-order valence-electron chi connectivity index (χ1n) is 5.07. The molecule has 0 saturated carbocycles. The number of fused-ring (bicyclic) bond motifs is 1. The lowest BCUT2D eigenvalue weighted by Crippen LogP contribution is -2.10. The Hall–Kier alpha value is -2.10. The van der Waals surface area contributed by atoms with Crippen LogP contribution in [0.5, 0.6) is 0 Å². The number of hydrogen-bond acceptors (Lipinski definition) is 5. The van der Waals surface area contributed by atoms with E-state index in [1.165, 1.54) is 0 Å². The van der Waals surface area contributed by atoms with Gasteiger partial charge in [-0.15, -0.1) is 0 Å². The van der Waals surface area contributed by atoms with Crippen molar-refractivity contribution in [3.05, 3.63) is 42.0 Å². The molecule has 1 N–H and O–H groups in total. The third-order valence-corrected chi connectivity index (χ3v) is 2.73. The zero-order chi connectivity index (χ0) is 13.2. The van der Waals surface area contributed by atoms with Crippen LogP contribution in [-0.4, -0.2) is 14.7 Å². The summed E-state index contributed by atoms with van der Waals surface area (Å²) < 4.78 is 26.3. The van der Waals surface area contributed by atoms with E-state index in [4.69, 9.17) is 5.26 Å². The van der Waals surface area contributed by atoms with Gasteiger partial charge in [0.05, 0.1) is 17.5 Å². The van der Waals surface area contributed by atoms with Crippen molar-refractivity contribution < 1.29 is 12.7 Å². The zero-order valence-electron chi connectivity index (χ0n) is 9.54. The molecular weight excluding hydrogens is 252 g/mol. The second kappa shape index (κ2) is 4.64. The molecule has 0 fully saturated rings. The van der Waals surface area contributed by atoms with Crippen molar-refractivity contribution in [2.24, 2.45) is 0 Å². The zero-order valence-corrected chi connectivity index (χ0v) is 10.4. The molecule has 0 aliphatic carbocycles. The highest BCUT2D eigenvalue weighted by Gasteiger charge is 2.09. The van der Waals surface area contributed by atoms with E-state index in [0.29, 0.717) is 11.3 Å². The van der Waals surface area contributed by atoms with Gasteiger partial charge in [0, 0.05) is 5.39 Å². The maximum Gasteiger partial charge on any atom is 0.284 e. The Bertz CT molecular complexity index is 733. The molecule has 5 nitrogen and oxygen atoms in total. The van der Waals surface area contributed by atoms with Crippen LogP contribution in [0, 0.1) is 11.3 Å². The molecule has 0 aliphatic rings. The molecule has 0 radical (unpaired) electrons. The highest BCUT2D eigenvalue weighted by molar-refractivity contribution is 7.86. The van der Waals surface area contributed by atoms with Crippen LogP contribution in [0.15, 0.2) is 36.4 Å². The quantitative estimate of drug-likeness (QED) is 0.856. The smallest absolute Gasteiger partial charge is 0.248 e. The van der Waals surface area contributed by atoms with Crippen LogP contribution >= 0.6 is 0 Å².